The maximum Gasteiger partial charge on any atom is 0.253 e. The number of fused-ring (bicyclic) bond motifs is 2. The van der Waals surface area contributed by atoms with Crippen LogP contribution in [0.15, 0.2) is 18.2 Å². The van der Waals surface area contributed by atoms with Crippen LogP contribution in [0.2, 0.25) is 0 Å². The van der Waals surface area contributed by atoms with Crippen LogP contribution in [0.4, 0.5) is 10.1 Å². The summed E-state index contributed by atoms with van der Waals surface area (Å²) >= 11 is 0. The molecule has 0 radical (unpaired) electrons. The molecule has 3 rings (SSSR count). The molecule has 1 amide bonds. The highest BCUT2D eigenvalue weighted by Gasteiger charge is 2.36. The summed E-state index contributed by atoms with van der Waals surface area (Å²) in [6.07, 6.45) is 4.48. The minimum absolute atomic E-state index is 0.000814. The monoisotopic (exact) mass is 277 g/mol. The second-order valence-corrected chi connectivity index (χ2v) is 5.87. The van der Waals surface area contributed by atoms with E-state index in [0.29, 0.717) is 23.8 Å². The zero-order valence-electron chi connectivity index (χ0n) is 11.6. The fourth-order valence-electron chi connectivity index (χ4n) is 3.59. The molecule has 2 unspecified atom stereocenters. The van der Waals surface area contributed by atoms with Gasteiger partial charge in [-0.25, -0.2) is 4.39 Å². The lowest BCUT2D eigenvalue weighted by atomic mass is 9.97. The second kappa shape index (κ2) is 5.05. The van der Waals surface area contributed by atoms with Crippen molar-refractivity contribution >= 4 is 11.6 Å². The van der Waals surface area contributed by atoms with Gasteiger partial charge in [0.05, 0.1) is 11.3 Å². The molecule has 3 N–H and O–H groups in total. The minimum Gasteiger partial charge on any atom is -0.371 e. The molecular formula is C15H20FN3O. The normalized spacial score (nSPS) is 28.4. The molecule has 1 aromatic carbocycles. The number of hydrogen-bond acceptors (Lipinski definition) is 3. The van der Waals surface area contributed by atoms with Gasteiger partial charge in [0.15, 0.2) is 0 Å². The number of primary amides is 1. The number of anilines is 1. The van der Waals surface area contributed by atoms with E-state index in [2.05, 4.69) is 5.32 Å². The molecule has 0 aromatic heterocycles. The third kappa shape index (κ3) is 2.26. The van der Waals surface area contributed by atoms with Gasteiger partial charge in [0.1, 0.15) is 5.82 Å². The maximum absolute atomic E-state index is 13.9. The fourth-order valence-corrected chi connectivity index (χ4v) is 3.59. The highest BCUT2D eigenvalue weighted by Crippen LogP contribution is 2.33. The van der Waals surface area contributed by atoms with Crippen LogP contribution >= 0.6 is 0 Å². The van der Waals surface area contributed by atoms with Crippen LogP contribution in [0.3, 0.4) is 0 Å². The van der Waals surface area contributed by atoms with Gasteiger partial charge in [-0.3, -0.25) is 4.79 Å². The molecule has 0 spiro atoms. The van der Waals surface area contributed by atoms with E-state index in [9.17, 15) is 9.18 Å². The van der Waals surface area contributed by atoms with Crippen LogP contribution in [-0.2, 0) is 0 Å². The number of amides is 1. The zero-order valence-corrected chi connectivity index (χ0v) is 11.6. The van der Waals surface area contributed by atoms with Crippen LogP contribution in [0.1, 0.15) is 36.0 Å². The molecular weight excluding hydrogens is 257 g/mol. The Bertz CT molecular complexity index is 522. The Labute approximate surface area is 118 Å². The van der Waals surface area contributed by atoms with E-state index < -0.39 is 11.7 Å². The molecule has 1 aromatic rings. The van der Waals surface area contributed by atoms with Crippen LogP contribution < -0.4 is 16.0 Å². The molecule has 2 saturated heterocycles. The molecule has 2 heterocycles. The Kier molecular flexibility index (Phi) is 3.38. The van der Waals surface area contributed by atoms with Crippen molar-refractivity contribution in [1.29, 1.82) is 0 Å². The summed E-state index contributed by atoms with van der Waals surface area (Å²) in [5, 5.41) is 3.58. The van der Waals surface area contributed by atoms with Crippen LogP contribution in [0, 0.1) is 5.82 Å². The number of nitrogens with zero attached hydrogens (tertiary/aromatic N) is 1. The molecule has 2 aliphatic rings. The molecule has 4 nitrogen and oxygen atoms in total. The summed E-state index contributed by atoms with van der Waals surface area (Å²) in [7, 11) is 1.93. The maximum atomic E-state index is 13.9. The van der Waals surface area contributed by atoms with Gasteiger partial charge in [0.2, 0.25) is 0 Å². The smallest absolute Gasteiger partial charge is 0.253 e. The highest BCUT2D eigenvalue weighted by atomic mass is 19.1. The molecule has 0 aliphatic carbocycles. The van der Waals surface area contributed by atoms with E-state index in [0.717, 1.165) is 12.8 Å². The van der Waals surface area contributed by atoms with Crippen LogP contribution in [0.25, 0.3) is 0 Å². The molecule has 20 heavy (non-hydrogen) atoms. The predicted octanol–water partition coefficient (Wildman–Crippen LogP) is 1.64. The van der Waals surface area contributed by atoms with E-state index in [1.54, 1.807) is 12.1 Å². The summed E-state index contributed by atoms with van der Waals surface area (Å²) in [4.78, 5) is 13.5. The first-order valence-corrected chi connectivity index (χ1v) is 7.13. The lowest BCUT2D eigenvalue weighted by Gasteiger charge is -2.37. The Morgan fingerprint density at radius 1 is 1.35 bits per heavy atom. The first kappa shape index (κ1) is 13.4. The van der Waals surface area contributed by atoms with Gasteiger partial charge < -0.3 is 16.0 Å². The average molecular weight is 277 g/mol. The van der Waals surface area contributed by atoms with Gasteiger partial charge >= 0.3 is 0 Å². The molecule has 2 atom stereocenters. The molecule has 5 heteroatoms. The quantitative estimate of drug-likeness (QED) is 0.883. The molecule has 0 saturated carbocycles. The highest BCUT2D eigenvalue weighted by molar-refractivity contribution is 5.99. The number of carbonyl (C=O) groups is 1. The standard InChI is InChI=1S/C15H20FN3O/c1-19(11-7-9-5-6-10(8-11)18-9)13-4-2-3-12(16)14(13)15(17)20/h2-4,9-11,18H,5-8H2,1H3,(H2,17,20). The van der Waals surface area contributed by atoms with Crippen LogP contribution in [-0.4, -0.2) is 31.1 Å². The topological polar surface area (TPSA) is 58.4 Å². The van der Waals surface area contributed by atoms with Gasteiger partial charge in [-0.1, -0.05) is 6.07 Å². The van der Waals surface area contributed by atoms with Crippen molar-refractivity contribution in [3.8, 4) is 0 Å². The van der Waals surface area contributed by atoms with Crippen molar-refractivity contribution in [1.82, 2.24) is 5.32 Å². The second-order valence-electron chi connectivity index (χ2n) is 5.87. The van der Waals surface area contributed by atoms with Gasteiger partial charge in [0.25, 0.3) is 5.91 Å². The SMILES string of the molecule is CN(c1cccc(F)c1C(N)=O)C1CC2CCC(C1)N2. The molecule has 2 aliphatic heterocycles. The average Bonchev–Trinajstić information content (AvgIpc) is 2.75. The van der Waals surface area contributed by atoms with E-state index in [-0.39, 0.29) is 5.56 Å². The largest absolute Gasteiger partial charge is 0.371 e. The van der Waals surface area contributed by atoms with Crippen molar-refractivity contribution < 1.29 is 9.18 Å². The number of piperidine rings is 1. The molecule has 2 bridgehead atoms. The van der Waals surface area contributed by atoms with E-state index in [1.165, 1.54) is 18.9 Å². The Balaban J connectivity index is 1.89. The minimum atomic E-state index is -0.707. The number of hydrogen-bond donors (Lipinski definition) is 2. The Hall–Kier alpha value is -1.62. The number of carbonyl (C=O) groups excluding carboxylic acids is 1. The number of rotatable bonds is 3. The third-order valence-electron chi connectivity index (χ3n) is 4.61. The fraction of sp³-hybridized carbons (Fsp3) is 0.533. The summed E-state index contributed by atoms with van der Waals surface area (Å²) in [6, 6.07) is 6.10. The van der Waals surface area contributed by atoms with Crippen molar-refractivity contribution in [2.24, 2.45) is 5.73 Å². The van der Waals surface area contributed by atoms with Crippen LogP contribution in [0.5, 0.6) is 0 Å². The van der Waals surface area contributed by atoms with Crippen molar-refractivity contribution in [3.63, 3.8) is 0 Å². The Morgan fingerprint density at radius 3 is 2.60 bits per heavy atom. The number of nitrogens with one attached hydrogen (secondary N) is 1. The lowest BCUT2D eigenvalue weighted by molar-refractivity contribution is 0.0997. The first-order valence-electron chi connectivity index (χ1n) is 7.13. The third-order valence-corrected chi connectivity index (χ3v) is 4.61. The summed E-state index contributed by atoms with van der Waals surface area (Å²) in [5.74, 6) is -1.25. The number of halogens is 1. The van der Waals surface area contributed by atoms with E-state index >= 15 is 0 Å². The van der Waals surface area contributed by atoms with Gasteiger partial charge in [-0.2, -0.15) is 0 Å². The Morgan fingerprint density at radius 2 is 2.00 bits per heavy atom. The van der Waals surface area contributed by atoms with Gasteiger partial charge in [-0.05, 0) is 37.8 Å². The van der Waals surface area contributed by atoms with Crippen molar-refractivity contribution in [2.75, 3.05) is 11.9 Å². The first-order chi connectivity index (χ1) is 9.56. The zero-order chi connectivity index (χ0) is 14.3. The van der Waals surface area contributed by atoms with Gasteiger partial charge in [0, 0.05) is 25.2 Å². The summed E-state index contributed by atoms with van der Waals surface area (Å²) in [5.41, 5.74) is 5.93. The number of benzene rings is 1. The van der Waals surface area contributed by atoms with E-state index in [1.807, 2.05) is 11.9 Å². The predicted molar refractivity (Wildman–Crippen MR) is 76.3 cm³/mol. The molecule has 108 valence electrons. The molecule has 2 fully saturated rings. The van der Waals surface area contributed by atoms with Crippen molar-refractivity contribution in [2.45, 2.75) is 43.8 Å². The lowest BCUT2D eigenvalue weighted by Crippen LogP contribution is -2.47. The summed E-state index contributed by atoms with van der Waals surface area (Å²) in [6.45, 7) is 0. The number of nitrogens with two attached hydrogens (primary N) is 1. The van der Waals surface area contributed by atoms with Crippen molar-refractivity contribution in [3.05, 3.63) is 29.6 Å². The van der Waals surface area contributed by atoms with E-state index in [4.69, 9.17) is 5.73 Å². The van der Waals surface area contributed by atoms with Gasteiger partial charge in [-0.15, -0.1) is 0 Å². The summed E-state index contributed by atoms with van der Waals surface area (Å²) < 4.78 is 13.9.